The molecule has 2 aliphatic rings. The molecule has 226 valence electrons. The fourth-order valence-electron chi connectivity index (χ4n) is 6.41. The second-order valence-corrected chi connectivity index (χ2v) is 14.6. The van der Waals surface area contributed by atoms with Crippen molar-refractivity contribution in [3.63, 3.8) is 0 Å². The minimum atomic E-state index is -4.26. The van der Waals surface area contributed by atoms with E-state index >= 15 is 8.78 Å². The monoisotopic (exact) mass is 663 g/mol. The molecular formula is C31H36BrF2N3O4S. The Balaban J connectivity index is 1.47. The van der Waals surface area contributed by atoms with Crippen molar-refractivity contribution in [2.45, 2.75) is 74.1 Å². The molecule has 5 rings (SSSR count). The average Bonchev–Trinajstić information content (AvgIpc) is 3.20. The summed E-state index contributed by atoms with van der Waals surface area (Å²) in [6.45, 7) is 2.67. The number of hydrogen-bond acceptors (Lipinski definition) is 5. The fraction of sp³-hybridized carbons (Fsp3) is 0.452. The Morgan fingerprint density at radius 2 is 1.60 bits per heavy atom. The highest BCUT2D eigenvalue weighted by Gasteiger charge is 2.59. The Morgan fingerprint density at radius 3 is 2.19 bits per heavy atom. The van der Waals surface area contributed by atoms with Crippen LogP contribution in [0, 0.1) is 5.92 Å². The summed E-state index contributed by atoms with van der Waals surface area (Å²) in [5.74, 6) is -6.42. The second kappa shape index (κ2) is 11.6. The van der Waals surface area contributed by atoms with Crippen LogP contribution in [0.5, 0.6) is 0 Å². The lowest BCUT2D eigenvalue weighted by Gasteiger charge is -2.46. The quantitative estimate of drug-likeness (QED) is 0.281. The SMILES string of the molecule is CN(C)C1C[C@@H]2CC[C@@H](C1)N2C(=O)[C@H](C(C)(C)ONS(=O)(=O)c1ccc2ccccc2c1)C(F)(F)c1ccc(Br)cc1. The molecule has 0 aromatic heterocycles. The number of fused-ring (bicyclic) bond motifs is 3. The molecule has 0 aliphatic carbocycles. The van der Waals surface area contributed by atoms with Crippen LogP contribution >= 0.6 is 15.9 Å². The first-order chi connectivity index (χ1) is 19.7. The van der Waals surface area contributed by atoms with Gasteiger partial charge in [-0.25, -0.2) is 17.2 Å². The van der Waals surface area contributed by atoms with Crippen LogP contribution in [-0.2, 0) is 25.6 Å². The van der Waals surface area contributed by atoms with Gasteiger partial charge in [-0.05, 0) is 88.7 Å². The average molecular weight is 665 g/mol. The van der Waals surface area contributed by atoms with Crippen molar-refractivity contribution in [1.82, 2.24) is 14.7 Å². The molecule has 0 unspecified atom stereocenters. The summed E-state index contributed by atoms with van der Waals surface area (Å²) < 4.78 is 60.2. The Kier molecular flexibility index (Phi) is 8.54. The third kappa shape index (κ3) is 5.99. The first-order valence-corrected chi connectivity index (χ1v) is 16.3. The van der Waals surface area contributed by atoms with Gasteiger partial charge in [-0.1, -0.05) is 63.3 Å². The maximum absolute atomic E-state index is 16.5. The molecule has 1 N–H and O–H groups in total. The summed E-state index contributed by atoms with van der Waals surface area (Å²) in [6, 6.07) is 17.3. The van der Waals surface area contributed by atoms with Crippen molar-refractivity contribution in [3.05, 3.63) is 76.8 Å². The molecule has 0 saturated carbocycles. The van der Waals surface area contributed by atoms with E-state index in [0.29, 0.717) is 22.7 Å². The van der Waals surface area contributed by atoms with Crippen LogP contribution in [0.4, 0.5) is 8.78 Å². The lowest BCUT2D eigenvalue weighted by Crippen LogP contribution is -2.60. The number of nitrogens with one attached hydrogen (secondary N) is 1. The largest absolute Gasteiger partial charge is 0.336 e. The number of sulfonamides is 1. The van der Waals surface area contributed by atoms with Gasteiger partial charge in [-0.15, -0.1) is 0 Å². The van der Waals surface area contributed by atoms with Crippen molar-refractivity contribution in [3.8, 4) is 0 Å². The van der Waals surface area contributed by atoms with Gasteiger partial charge in [-0.2, -0.15) is 0 Å². The van der Waals surface area contributed by atoms with Crippen molar-refractivity contribution in [2.75, 3.05) is 14.1 Å². The highest BCUT2D eigenvalue weighted by Crippen LogP contribution is 2.47. The maximum Gasteiger partial charge on any atom is 0.287 e. The number of benzene rings is 3. The Morgan fingerprint density at radius 1 is 1.00 bits per heavy atom. The van der Waals surface area contributed by atoms with Crippen LogP contribution in [0.25, 0.3) is 10.8 Å². The molecule has 0 spiro atoms. The van der Waals surface area contributed by atoms with Gasteiger partial charge in [0.05, 0.1) is 4.90 Å². The lowest BCUT2D eigenvalue weighted by molar-refractivity contribution is -0.198. The van der Waals surface area contributed by atoms with Crippen molar-refractivity contribution in [2.24, 2.45) is 5.92 Å². The van der Waals surface area contributed by atoms with Gasteiger partial charge >= 0.3 is 0 Å². The molecule has 3 aromatic rings. The Labute approximate surface area is 254 Å². The van der Waals surface area contributed by atoms with E-state index in [2.05, 4.69) is 25.7 Å². The summed E-state index contributed by atoms with van der Waals surface area (Å²) in [5.41, 5.74) is -2.29. The fourth-order valence-corrected chi connectivity index (χ4v) is 7.62. The number of nitrogens with zero attached hydrogens (tertiary/aromatic N) is 2. The molecule has 2 aliphatic heterocycles. The minimum absolute atomic E-state index is 0.0802. The molecule has 1 amide bonds. The van der Waals surface area contributed by atoms with Crippen LogP contribution in [0.3, 0.4) is 0 Å². The Hall–Kier alpha value is -2.44. The van der Waals surface area contributed by atoms with Gasteiger partial charge in [0.1, 0.15) is 11.5 Å². The molecule has 3 atom stereocenters. The highest BCUT2D eigenvalue weighted by atomic mass is 79.9. The van der Waals surface area contributed by atoms with Crippen molar-refractivity contribution in [1.29, 1.82) is 0 Å². The zero-order valence-corrected chi connectivity index (χ0v) is 26.5. The van der Waals surface area contributed by atoms with E-state index in [4.69, 9.17) is 4.84 Å². The third-order valence-corrected chi connectivity index (χ3v) is 10.4. The van der Waals surface area contributed by atoms with Crippen LogP contribution in [-0.4, -0.2) is 61.9 Å². The first-order valence-electron chi connectivity index (χ1n) is 14.0. The van der Waals surface area contributed by atoms with Crippen LogP contribution in [0.15, 0.2) is 76.1 Å². The standard InChI is InChI=1S/C31H36BrF2N3O4S/c1-30(2,41-35-42(39,40)27-16-9-20-7-5-6-8-21(20)17-27)28(31(33,34)22-10-12-23(32)13-11-22)29(38)37-24-14-15-25(37)19-26(18-24)36(3)4/h5-13,16-17,24-26,28,35H,14-15,18-19H2,1-4H3/t24-,25-,28+/m0/s1. The molecule has 42 heavy (non-hydrogen) atoms. The third-order valence-electron chi connectivity index (χ3n) is 8.67. The van der Waals surface area contributed by atoms with Gasteiger partial charge in [0, 0.05) is 28.2 Å². The van der Waals surface area contributed by atoms with Crippen molar-refractivity contribution < 1.29 is 26.8 Å². The summed E-state index contributed by atoms with van der Waals surface area (Å²) in [7, 11) is -0.283. The predicted molar refractivity (Wildman–Crippen MR) is 161 cm³/mol. The van der Waals surface area contributed by atoms with E-state index in [1.54, 1.807) is 23.1 Å². The lowest BCUT2D eigenvalue weighted by atomic mass is 9.80. The Bertz CT molecular complexity index is 1550. The smallest absolute Gasteiger partial charge is 0.287 e. The molecule has 3 aromatic carbocycles. The number of halogens is 3. The summed E-state index contributed by atoms with van der Waals surface area (Å²) in [6.07, 6.45) is 2.88. The van der Waals surface area contributed by atoms with Crippen molar-refractivity contribution >= 4 is 42.6 Å². The number of piperidine rings is 1. The van der Waals surface area contributed by atoms with E-state index in [0.717, 1.165) is 18.2 Å². The van der Waals surface area contributed by atoms with Crippen LogP contribution in [0.1, 0.15) is 45.1 Å². The maximum atomic E-state index is 16.5. The van der Waals surface area contributed by atoms with Crippen LogP contribution in [0.2, 0.25) is 0 Å². The van der Waals surface area contributed by atoms with E-state index in [1.807, 2.05) is 26.2 Å². The number of hydrogen-bond donors (Lipinski definition) is 1. The topological polar surface area (TPSA) is 79.0 Å². The number of alkyl halides is 2. The van der Waals surface area contributed by atoms with E-state index in [9.17, 15) is 13.2 Å². The number of amides is 1. The number of rotatable bonds is 9. The zero-order chi connectivity index (χ0) is 30.4. The molecule has 2 bridgehead atoms. The molecule has 2 saturated heterocycles. The second-order valence-electron chi connectivity index (χ2n) is 12.1. The highest BCUT2D eigenvalue weighted by molar-refractivity contribution is 9.10. The molecule has 2 fully saturated rings. The van der Waals surface area contributed by atoms with Gasteiger partial charge in [0.25, 0.3) is 15.9 Å². The molecule has 11 heteroatoms. The zero-order valence-electron chi connectivity index (χ0n) is 24.1. The molecule has 2 heterocycles. The summed E-state index contributed by atoms with van der Waals surface area (Å²) >= 11 is 3.28. The van der Waals surface area contributed by atoms with Gasteiger partial charge in [-0.3, -0.25) is 9.63 Å². The molecule has 7 nitrogen and oxygen atoms in total. The van der Waals surface area contributed by atoms with E-state index in [1.165, 1.54) is 50.2 Å². The van der Waals surface area contributed by atoms with Crippen LogP contribution < -0.4 is 4.89 Å². The number of carbonyl (C=O) groups excluding carboxylic acids is 1. The van der Waals surface area contributed by atoms with Gasteiger partial charge in [0.2, 0.25) is 5.91 Å². The van der Waals surface area contributed by atoms with Gasteiger partial charge < -0.3 is 9.80 Å². The van der Waals surface area contributed by atoms with E-state index in [-0.39, 0.29) is 28.6 Å². The first kappa shape index (κ1) is 31.0. The predicted octanol–water partition coefficient (Wildman–Crippen LogP) is 6.08. The normalized spacial score (nSPS) is 22.1. The molecular weight excluding hydrogens is 628 g/mol. The summed E-state index contributed by atoms with van der Waals surface area (Å²) in [4.78, 5) is 25.6. The minimum Gasteiger partial charge on any atom is -0.336 e. The summed E-state index contributed by atoms with van der Waals surface area (Å²) in [5, 5.41) is 1.55. The number of carbonyl (C=O) groups is 1. The molecule has 0 radical (unpaired) electrons. The van der Waals surface area contributed by atoms with E-state index < -0.39 is 33.4 Å². The van der Waals surface area contributed by atoms with Gasteiger partial charge in [0.15, 0.2) is 0 Å².